The van der Waals surface area contributed by atoms with Crippen LogP contribution in [0.25, 0.3) is 11.1 Å². The Balaban J connectivity index is 2.72. The average molecular weight is 334 g/mol. The summed E-state index contributed by atoms with van der Waals surface area (Å²) in [6, 6.07) is 8.84. The van der Waals surface area contributed by atoms with Gasteiger partial charge in [-0.05, 0) is 6.07 Å². The third kappa shape index (κ3) is 3.31. The maximum Gasteiger partial charge on any atom is 0.422 e. The molecule has 0 saturated carbocycles. The zero-order valence-corrected chi connectivity index (χ0v) is 11.9. The summed E-state index contributed by atoms with van der Waals surface area (Å²) in [4.78, 5) is 14.0. The molecule has 6 nitrogen and oxygen atoms in total. The number of alkyl halides is 3. The molecule has 1 aromatic carbocycles. The zero-order chi connectivity index (χ0) is 17.9. The van der Waals surface area contributed by atoms with E-state index in [2.05, 4.69) is 4.98 Å². The van der Waals surface area contributed by atoms with Gasteiger partial charge in [-0.2, -0.15) is 23.7 Å². The van der Waals surface area contributed by atoms with Crippen molar-refractivity contribution in [1.82, 2.24) is 4.98 Å². The van der Waals surface area contributed by atoms with Crippen LogP contribution in [0.3, 0.4) is 0 Å². The Morgan fingerprint density at radius 2 is 1.79 bits per heavy atom. The molecule has 122 valence electrons. The molecule has 0 bridgehead atoms. The van der Waals surface area contributed by atoms with Crippen molar-refractivity contribution in [3.05, 3.63) is 45.7 Å². The number of aromatic nitrogens is 1. The number of H-pyrrole nitrogens is 1. The SMILES string of the molecule is N#Cc1c(N)[nH]c(=O)c(C#N)c1-c1ccccc1OCC(F)(F)F. The number of nitrogens with zero attached hydrogens (tertiary/aromatic N) is 2. The van der Waals surface area contributed by atoms with Gasteiger partial charge in [-0.3, -0.25) is 4.79 Å². The van der Waals surface area contributed by atoms with Gasteiger partial charge in [-0.15, -0.1) is 0 Å². The Bertz CT molecular complexity index is 920. The van der Waals surface area contributed by atoms with Crippen LogP contribution in [0, 0.1) is 22.7 Å². The number of aromatic amines is 1. The smallest absolute Gasteiger partial charge is 0.422 e. The minimum atomic E-state index is -4.57. The van der Waals surface area contributed by atoms with E-state index in [1.807, 2.05) is 0 Å². The largest absolute Gasteiger partial charge is 0.483 e. The summed E-state index contributed by atoms with van der Waals surface area (Å²) in [6.45, 7) is -1.56. The molecule has 0 fully saturated rings. The summed E-state index contributed by atoms with van der Waals surface area (Å²) in [7, 11) is 0. The standard InChI is InChI=1S/C15H9F3N4O2/c16-15(17,18)7-24-11-4-2-1-3-8(11)12-9(5-19)13(21)22-14(23)10(12)6-20/h1-4H,7H2,(H3,21,22,23). The van der Waals surface area contributed by atoms with Crippen LogP contribution in [0.5, 0.6) is 5.75 Å². The molecule has 0 saturated heterocycles. The average Bonchev–Trinajstić information content (AvgIpc) is 2.52. The second-order valence-electron chi connectivity index (χ2n) is 4.62. The van der Waals surface area contributed by atoms with Crippen LogP contribution in [0.4, 0.5) is 19.0 Å². The van der Waals surface area contributed by atoms with Gasteiger partial charge in [0.1, 0.15) is 34.8 Å². The van der Waals surface area contributed by atoms with E-state index < -0.39 is 23.9 Å². The maximum atomic E-state index is 12.4. The molecule has 1 heterocycles. The molecule has 0 amide bonds. The number of nitrogens with one attached hydrogen (secondary N) is 1. The van der Waals surface area contributed by atoms with Crippen LogP contribution >= 0.6 is 0 Å². The van der Waals surface area contributed by atoms with Gasteiger partial charge in [-0.1, -0.05) is 18.2 Å². The van der Waals surface area contributed by atoms with Crippen molar-refractivity contribution in [3.8, 4) is 29.0 Å². The van der Waals surface area contributed by atoms with E-state index in [0.717, 1.165) is 0 Å². The van der Waals surface area contributed by atoms with Crippen molar-refractivity contribution in [2.75, 3.05) is 12.3 Å². The van der Waals surface area contributed by atoms with Gasteiger partial charge in [0.2, 0.25) is 0 Å². The highest BCUT2D eigenvalue weighted by atomic mass is 19.4. The molecular formula is C15H9F3N4O2. The zero-order valence-electron chi connectivity index (χ0n) is 11.9. The van der Waals surface area contributed by atoms with Crippen molar-refractivity contribution in [3.63, 3.8) is 0 Å². The molecule has 9 heteroatoms. The van der Waals surface area contributed by atoms with E-state index in [1.165, 1.54) is 24.3 Å². The Morgan fingerprint density at radius 1 is 1.17 bits per heavy atom. The van der Waals surface area contributed by atoms with Crippen molar-refractivity contribution in [1.29, 1.82) is 10.5 Å². The summed E-state index contributed by atoms with van der Waals surface area (Å²) in [5.41, 5.74) is 3.88. The number of nitrogen functional groups attached to an aromatic ring is 1. The number of benzene rings is 1. The third-order valence-corrected chi connectivity index (χ3v) is 3.02. The van der Waals surface area contributed by atoms with Crippen LogP contribution in [0.15, 0.2) is 29.1 Å². The lowest BCUT2D eigenvalue weighted by Crippen LogP contribution is -2.20. The fourth-order valence-corrected chi connectivity index (χ4v) is 2.07. The summed E-state index contributed by atoms with van der Waals surface area (Å²) >= 11 is 0. The van der Waals surface area contributed by atoms with E-state index in [1.54, 1.807) is 12.1 Å². The van der Waals surface area contributed by atoms with Crippen molar-refractivity contribution >= 4 is 5.82 Å². The number of ether oxygens (including phenoxy) is 1. The second-order valence-corrected chi connectivity index (χ2v) is 4.62. The van der Waals surface area contributed by atoms with Crippen LogP contribution in [-0.4, -0.2) is 17.8 Å². The highest BCUT2D eigenvalue weighted by molar-refractivity contribution is 5.83. The van der Waals surface area contributed by atoms with E-state index in [4.69, 9.17) is 10.5 Å². The first-order valence-electron chi connectivity index (χ1n) is 6.43. The Hall–Kier alpha value is -3.46. The molecule has 0 atom stereocenters. The predicted molar refractivity (Wildman–Crippen MR) is 77.9 cm³/mol. The number of rotatable bonds is 3. The van der Waals surface area contributed by atoms with Crippen molar-refractivity contribution in [2.45, 2.75) is 6.18 Å². The van der Waals surface area contributed by atoms with Crippen molar-refractivity contribution < 1.29 is 17.9 Å². The number of nitrogens with two attached hydrogens (primary N) is 1. The topological polar surface area (TPSA) is 116 Å². The molecule has 2 aromatic rings. The highest BCUT2D eigenvalue weighted by Gasteiger charge is 2.29. The maximum absolute atomic E-state index is 12.4. The third-order valence-electron chi connectivity index (χ3n) is 3.02. The van der Waals surface area contributed by atoms with E-state index in [0.29, 0.717) is 0 Å². The molecule has 0 aliphatic rings. The molecule has 3 N–H and O–H groups in total. The van der Waals surface area contributed by atoms with Crippen LogP contribution in [-0.2, 0) is 0 Å². The lowest BCUT2D eigenvalue weighted by atomic mass is 9.96. The van der Waals surface area contributed by atoms with Gasteiger partial charge in [0, 0.05) is 11.1 Å². The van der Waals surface area contributed by atoms with Gasteiger partial charge < -0.3 is 15.5 Å². The number of nitriles is 2. The Kier molecular flexibility index (Phi) is 4.47. The number of hydrogen-bond donors (Lipinski definition) is 2. The number of pyridine rings is 1. The lowest BCUT2D eigenvalue weighted by molar-refractivity contribution is -0.153. The van der Waals surface area contributed by atoms with Gasteiger partial charge in [0.25, 0.3) is 5.56 Å². The first-order valence-corrected chi connectivity index (χ1v) is 6.43. The van der Waals surface area contributed by atoms with Crippen LogP contribution < -0.4 is 16.0 Å². The first-order chi connectivity index (χ1) is 11.3. The molecule has 0 aliphatic heterocycles. The second kappa shape index (κ2) is 6.34. The van der Waals surface area contributed by atoms with Gasteiger partial charge in [0.15, 0.2) is 6.61 Å². The van der Waals surface area contributed by atoms with Crippen molar-refractivity contribution in [2.24, 2.45) is 0 Å². The highest BCUT2D eigenvalue weighted by Crippen LogP contribution is 2.35. The monoisotopic (exact) mass is 334 g/mol. The number of halogens is 3. The number of hydrogen-bond acceptors (Lipinski definition) is 5. The molecular weight excluding hydrogens is 325 g/mol. The quantitative estimate of drug-likeness (QED) is 0.893. The van der Waals surface area contributed by atoms with Crippen LogP contribution in [0.2, 0.25) is 0 Å². The van der Waals surface area contributed by atoms with Gasteiger partial charge in [-0.25, -0.2) is 0 Å². The molecule has 0 aliphatic carbocycles. The normalized spacial score (nSPS) is 10.7. The van der Waals surface area contributed by atoms with E-state index in [-0.39, 0.29) is 28.3 Å². The van der Waals surface area contributed by atoms with Gasteiger partial charge in [0.05, 0.1) is 0 Å². The Morgan fingerprint density at radius 3 is 2.38 bits per heavy atom. The fraction of sp³-hybridized carbons (Fsp3) is 0.133. The first kappa shape index (κ1) is 16.9. The summed E-state index contributed by atoms with van der Waals surface area (Å²) in [6.07, 6.45) is -4.57. The molecule has 0 spiro atoms. The lowest BCUT2D eigenvalue weighted by Gasteiger charge is -2.15. The summed E-state index contributed by atoms with van der Waals surface area (Å²) in [5, 5.41) is 18.4. The molecule has 2 rings (SSSR count). The molecule has 1 aromatic heterocycles. The molecule has 24 heavy (non-hydrogen) atoms. The number of anilines is 1. The van der Waals surface area contributed by atoms with E-state index >= 15 is 0 Å². The fourth-order valence-electron chi connectivity index (χ4n) is 2.07. The van der Waals surface area contributed by atoms with Gasteiger partial charge >= 0.3 is 6.18 Å². The van der Waals surface area contributed by atoms with E-state index in [9.17, 15) is 28.5 Å². The molecule has 0 unspecified atom stereocenters. The minimum Gasteiger partial charge on any atom is -0.483 e. The summed E-state index contributed by atoms with van der Waals surface area (Å²) in [5.74, 6) is -0.519. The van der Waals surface area contributed by atoms with Crippen LogP contribution in [0.1, 0.15) is 11.1 Å². The molecule has 0 radical (unpaired) electrons. The predicted octanol–water partition coefficient (Wildman–Crippen LogP) is 2.31. The summed E-state index contributed by atoms with van der Waals surface area (Å²) < 4.78 is 41.9. The number of para-hydroxylation sites is 1. The Labute approximate surface area is 133 Å². The minimum absolute atomic E-state index is 0.00681.